The molecule has 0 aliphatic heterocycles. The Morgan fingerprint density at radius 3 is 0.929 bits per heavy atom. The fraction of sp³-hybridized carbons (Fsp3) is 0. The number of aromatic nitrogens is 3. The van der Waals surface area contributed by atoms with Gasteiger partial charge in [0.15, 0.2) is 0 Å². The standard InChI is InChI=1S/3C6H5NO2.Fe/c3*8-6(9)5-2-1-3-7-4-5;/h3*1-4H,(H,8,9);. The molecule has 0 spiro atoms. The molecule has 0 bridgehead atoms. The third kappa shape index (κ3) is 9.76. The molecule has 10 heteroatoms. The van der Waals surface area contributed by atoms with Crippen LogP contribution < -0.4 is 0 Å². The molecule has 0 saturated heterocycles. The molecular weight excluding hydrogens is 410 g/mol. The molecule has 0 aliphatic carbocycles. The predicted molar refractivity (Wildman–Crippen MR) is 93.6 cm³/mol. The van der Waals surface area contributed by atoms with Gasteiger partial charge in [-0.3, -0.25) is 15.0 Å². The molecule has 0 saturated carbocycles. The van der Waals surface area contributed by atoms with E-state index >= 15 is 0 Å². The van der Waals surface area contributed by atoms with Crippen molar-refractivity contribution in [2.24, 2.45) is 0 Å². The average molecular weight is 425 g/mol. The van der Waals surface area contributed by atoms with Crippen LogP contribution in [0.5, 0.6) is 0 Å². The molecule has 3 aromatic rings. The Kier molecular flexibility index (Phi) is 11.8. The Hall–Kier alpha value is -3.62. The summed E-state index contributed by atoms with van der Waals surface area (Å²) in [5.41, 5.74) is 0.660. The van der Waals surface area contributed by atoms with Crippen molar-refractivity contribution in [1.82, 2.24) is 15.0 Å². The number of pyridine rings is 3. The van der Waals surface area contributed by atoms with Crippen molar-refractivity contribution in [3.8, 4) is 0 Å². The Bertz CT molecular complexity index is 747. The van der Waals surface area contributed by atoms with Gasteiger partial charge in [-0.2, -0.15) is 0 Å². The topological polar surface area (TPSA) is 151 Å². The number of carboxylic acids is 3. The van der Waals surface area contributed by atoms with E-state index in [9.17, 15) is 14.4 Å². The van der Waals surface area contributed by atoms with Crippen LogP contribution in [0.3, 0.4) is 0 Å². The van der Waals surface area contributed by atoms with E-state index in [0.717, 1.165) is 0 Å². The summed E-state index contributed by atoms with van der Waals surface area (Å²) < 4.78 is 0. The molecule has 0 aromatic carbocycles. The van der Waals surface area contributed by atoms with Crippen molar-refractivity contribution in [2.45, 2.75) is 0 Å². The van der Waals surface area contributed by atoms with Gasteiger partial charge in [-0.25, -0.2) is 14.4 Å². The van der Waals surface area contributed by atoms with Crippen molar-refractivity contribution < 1.29 is 46.8 Å². The van der Waals surface area contributed by atoms with Crippen LogP contribution in [-0.4, -0.2) is 48.2 Å². The summed E-state index contributed by atoms with van der Waals surface area (Å²) in [6.07, 6.45) is 8.53. The van der Waals surface area contributed by atoms with E-state index in [1.165, 1.54) is 55.4 Å². The number of carbonyl (C=O) groups is 3. The van der Waals surface area contributed by atoms with Crippen molar-refractivity contribution in [3.05, 3.63) is 90.3 Å². The molecule has 0 atom stereocenters. The number of aromatic carboxylic acids is 3. The smallest absolute Gasteiger partial charge is 0.337 e. The van der Waals surface area contributed by atoms with Crippen LogP contribution in [0.25, 0.3) is 0 Å². The van der Waals surface area contributed by atoms with Gasteiger partial charge in [0.2, 0.25) is 0 Å². The molecule has 3 N–H and O–H groups in total. The van der Waals surface area contributed by atoms with Crippen LogP contribution in [0, 0.1) is 0 Å². The Morgan fingerprint density at radius 1 is 0.571 bits per heavy atom. The van der Waals surface area contributed by atoms with E-state index < -0.39 is 17.9 Å². The summed E-state index contributed by atoms with van der Waals surface area (Å²) in [4.78, 5) is 41.4. The van der Waals surface area contributed by atoms with E-state index in [-0.39, 0.29) is 33.8 Å². The van der Waals surface area contributed by atoms with Crippen molar-refractivity contribution in [1.29, 1.82) is 0 Å². The predicted octanol–water partition coefficient (Wildman–Crippen LogP) is 2.34. The zero-order valence-corrected chi connectivity index (χ0v) is 15.3. The fourth-order valence-corrected chi connectivity index (χ4v) is 1.47. The van der Waals surface area contributed by atoms with Crippen LogP contribution in [0.1, 0.15) is 31.1 Å². The summed E-state index contributed by atoms with van der Waals surface area (Å²) in [6, 6.07) is 9.25. The second-order valence-electron chi connectivity index (χ2n) is 4.64. The molecular formula is C18H15FeN3O6. The van der Waals surface area contributed by atoms with Crippen LogP contribution in [-0.2, 0) is 17.1 Å². The van der Waals surface area contributed by atoms with Gasteiger partial charge >= 0.3 is 17.9 Å². The van der Waals surface area contributed by atoms with Crippen molar-refractivity contribution >= 4 is 17.9 Å². The molecule has 0 unspecified atom stereocenters. The second-order valence-corrected chi connectivity index (χ2v) is 4.64. The first kappa shape index (κ1) is 24.4. The molecule has 0 aliphatic rings. The molecule has 0 radical (unpaired) electrons. The first-order chi connectivity index (χ1) is 12.9. The Morgan fingerprint density at radius 2 is 0.821 bits per heavy atom. The first-order valence-corrected chi connectivity index (χ1v) is 7.31. The molecule has 3 aromatic heterocycles. The number of hydrogen-bond acceptors (Lipinski definition) is 6. The van der Waals surface area contributed by atoms with Crippen LogP contribution in [0.2, 0.25) is 0 Å². The maximum atomic E-state index is 10.2. The van der Waals surface area contributed by atoms with Gasteiger partial charge in [0.05, 0.1) is 16.7 Å². The molecule has 3 heterocycles. The number of carboxylic acid groups (broad SMARTS) is 3. The molecule has 0 fully saturated rings. The second kappa shape index (κ2) is 13.6. The van der Waals surface area contributed by atoms with Gasteiger partial charge in [0, 0.05) is 54.2 Å². The van der Waals surface area contributed by atoms with Crippen LogP contribution in [0.4, 0.5) is 0 Å². The zero-order valence-electron chi connectivity index (χ0n) is 14.2. The van der Waals surface area contributed by atoms with E-state index in [1.807, 2.05) is 0 Å². The van der Waals surface area contributed by atoms with E-state index in [1.54, 1.807) is 18.2 Å². The minimum absolute atomic E-state index is 0. The summed E-state index contributed by atoms with van der Waals surface area (Å²) >= 11 is 0. The molecule has 0 amide bonds. The van der Waals surface area contributed by atoms with Gasteiger partial charge in [-0.05, 0) is 36.4 Å². The maximum absolute atomic E-state index is 10.2. The molecule has 3 rings (SSSR count). The fourth-order valence-electron chi connectivity index (χ4n) is 1.47. The van der Waals surface area contributed by atoms with E-state index in [4.69, 9.17) is 15.3 Å². The Labute approximate surface area is 170 Å². The average Bonchev–Trinajstić information content (AvgIpc) is 2.71. The number of nitrogens with zero attached hydrogens (tertiary/aromatic N) is 3. The third-order valence-electron chi connectivity index (χ3n) is 2.73. The quantitative estimate of drug-likeness (QED) is 0.537. The Balaban J connectivity index is 0.000000384. The minimum Gasteiger partial charge on any atom is -0.478 e. The largest absolute Gasteiger partial charge is 0.478 e. The summed E-state index contributed by atoms with van der Waals surface area (Å²) in [5.74, 6) is -2.82. The van der Waals surface area contributed by atoms with Crippen LogP contribution >= 0.6 is 0 Å². The van der Waals surface area contributed by atoms with Crippen molar-refractivity contribution in [2.75, 3.05) is 0 Å². The number of hydrogen-bond donors (Lipinski definition) is 3. The van der Waals surface area contributed by atoms with Gasteiger partial charge in [-0.1, -0.05) is 0 Å². The van der Waals surface area contributed by atoms with E-state index in [2.05, 4.69) is 15.0 Å². The van der Waals surface area contributed by atoms with E-state index in [0.29, 0.717) is 0 Å². The maximum Gasteiger partial charge on any atom is 0.337 e. The van der Waals surface area contributed by atoms with Gasteiger partial charge in [-0.15, -0.1) is 0 Å². The van der Waals surface area contributed by atoms with Crippen molar-refractivity contribution in [3.63, 3.8) is 0 Å². The first-order valence-electron chi connectivity index (χ1n) is 7.31. The summed E-state index contributed by atoms with van der Waals surface area (Å²) in [7, 11) is 0. The summed E-state index contributed by atoms with van der Waals surface area (Å²) in [5, 5.41) is 25.0. The van der Waals surface area contributed by atoms with Crippen LogP contribution in [0.15, 0.2) is 73.6 Å². The molecule has 9 nitrogen and oxygen atoms in total. The SMILES string of the molecule is O=C(O)c1cccnc1.O=C(O)c1cccnc1.O=C(O)c1cccnc1.[Fe]. The van der Waals surface area contributed by atoms with Gasteiger partial charge in [0.1, 0.15) is 0 Å². The minimum atomic E-state index is -0.942. The monoisotopic (exact) mass is 425 g/mol. The summed E-state index contributed by atoms with van der Waals surface area (Å²) in [6.45, 7) is 0. The third-order valence-corrected chi connectivity index (χ3v) is 2.73. The number of rotatable bonds is 3. The normalized spacial score (nSPS) is 8.57. The van der Waals surface area contributed by atoms with Gasteiger partial charge in [0.25, 0.3) is 0 Å². The molecule has 28 heavy (non-hydrogen) atoms. The van der Waals surface area contributed by atoms with Gasteiger partial charge < -0.3 is 15.3 Å². The molecule has 146 valence electrons. The zero-order chi connectivity index (χ0) is 20.1.